The number of H-pyrrole nitrogens is 1. The first kappa shape index (κ1) is 15.5. The van der Waals surface area contributed by atoms with Gasteiger partial charge in [-0.1, -0.05) is 17.8 Å². The summed E-state index contributed by atoms with van der Waals surface area (Å²) in [5, 5.41) is 20.4. The van der Waals surface area contributed by atoms with Gasteiger partial charge in [-0.2, -0.15) is 5.26 Å². The van der Waals surface area contributed by atoms with Gasteiger partial charge in [0, 0.05) is 11.6 Å². The topological polar surface area (TPSA) is 113 Å². The highest BCUT2D eigenvalue weighted by molar-refractivity contribution is 14.1. The lowest BCUT2D eigenvalue weighted by atomic mass is 10.1. The molecular weight excluding hydrogens is 407 g/mol. The fourth-order valence-corrected chi connectivity index (χ4v) is 2.57. The van der Waals surface area contributed by atoms with Gasteiger partial charge in [0.15, 0.2) is 5.16 Å². The second kappa shape index (κ2) is 6.23. The third-order valence-corrected chi connectivity index (χ3v) is 4.11. The largest absolute Gasteiger partial charge is 0.300 e. The van der Waals surface area contributed by atoms with E-state index in [1.807, 2.05) is 22.6 Å². The lowest BCUT2D eigenvalue weighted by Crippen LogP contribution is -2.14. The number of aromatic nitrogens is 2. The molecule has 0 aliphatic rings. The molecule has 21 heavy (non-hydrogen) atoms. The van der Waals surface area contributed by atoms with Crippen LogP contribution in [0.5, 0.6) is 0 Å². The van der Waals surface area contributed by atoms with E-state index in [9.17, 15) is 14.9 Å². The highest BCUT2D eigenvalue weighted by Gasteiger charge is 2.18. The first-order chi connectivity index (χ1) is 9.97. The van der Waals surface area contributed by atoms with E-state index in [0.717, 1.165) is 0 Å². The number of benzene rings is 1. The van der Waals surface area contributed by atoms with E-state index in [4.69, 9.17) is 5.26 Å². The van der Waals surface area contributed by atoms with Crippen molar-refractivity contribution in [1.29, 1.82) is 5.26 Å². The molecule has 1 aromatic heterocycles. The van der Waals surface area contributed by atoms with Gasteiger partial charge in [0.2, 0.25) is 0 Å². The fraction of sp³-hybridized carbons (Fsp3) is 0.0833. The minimum absolute atomic E-state index is 0.0928. The minimum atomic E-state index is -0.562. The van der Waals surface area contributed by atoms with E-state index in [1.165, 1.54) is 17.8 Å². The summed E-state index contributed by atoms with van der Waals surface area (Å²) in [5.41, 5.74) is -0.314. The second-order valence-corrected chi connectivity index (χ2v) is 5.79. The number of nitrogens with one attached hydrogen (secondary N) is 1. The molecule has 0 aliphatic carbocycles. The van der Waals surface area contributed by atoms with Crippen LogP contribution in [0.25, 0.3) is 11.3 Å². The molecule has 9 heteroatoms. The van der Waals surface area contributed by atoms with E-state index in [1.54, 1.807) is 24.5 Å². The number of aromatic amines is 1. The van der Waals surface area contributed by atoms with Gasteiger partial charge >= 0.3 is 0 Å². The summed E-state index contributed by atoms with van der Waals surface area (Å²) < 4.78 is 0.467. The molecule has 7 nitrogen and oxygen atoms in total. The Hall–Kier alpha value is -1.93. The highest BCUT2D eigenvalue weighted by atomic mass is 127. The van der Waals surface area contributed by atoms with Gasteiger partial charge in [-0.15, -0.1) is 0 Å². The number of hydrogen-bond acceptors (Lipinski definition) is 6. The summed E-state index contributed by atoms with van der Waals surface area (Å²) in [4.78, 5) is 29.0. The Labute approximate surface area is 136 Å². The number of thioether (sulfide) groups is 1. The number of nitro benzene ring substituents is 1. The van der Waals surface area contributed by atoms with Crippen molar-refractivity contribution in [2.45, 2.75) is 5.16 Å². The summed E-state index contributed by atoms with van der Waals surface area (Å²) >= 11 is 3.06. The quantitative estimate of drug-likeness (QED) is 0.272. The van der Waals surface area contributed by atoms with Crippen LogP contribution in [0.15, 0.2) is 28.2 Å². The lowest BCUT2D eigenvalue weighted by Gasteiger charge is -2.05. The zero-order valence-corrected chi connectivity index (χ0v) is 13.6. The molecule has 0 amide bonds. The Morgan fingerprint density at radius 3 is 2.81 bits per heavy atom. The van der Waals surface area contributed by atoms with Crippen LogP contribution in [0.2, 0.25) is 0 Å². The molecule has 0 spiro atoms. The average Bonchev–Trinajstić information content (AvgIpc) is 2.46. The van der Waals surface area contributed by atoms with Crippen molar-refractivity contribution in [2.24, 2.45) is 0 Å². The Morgan fingerprint density at radius 2 is 2.24 bits per heavy atom. The van der Waals surface area contributed by atoms with Crippen molar-refractivity contribution >= 4 is 40.0 Å². The average molecular weight is 414 g/mol. The van der Waals surface area contributed by atoms with Crippen LogP contribution in [-0.2, 0) is 0 Å². The van der Waals surface area contributed by atoms with Gasteiger partial charge in [0.25, 0.3) is 11.2 Å². The zero-order valence-electron chi connectivity index (χ0n) is 10.6. The fourth-order valence-electron chi connectivity index (χ4n) is 1.66. The first-order valence-corrected chi connectivity index (χ1v) is 7.81. The van der Waals surface area contributed by atoms with Crippen LogP contribution in [0, 0.1) is 25.0 Å². The van der Waals surface area contributed by atoms with Gasteiger partial charge in [0.1, 0.15) is 11.6 Å². The number of rotatable bonds is 3. The maximum Gasteiger partial charge on any atom is 0.283 e. The molecule has 0 saturated heterocycles. The van der Waals surface area contributed by atoms with Crippen LogP contribution in [0.3, 0.4) is 0 Å². The normalized spacial score (nSPS) is 10.1. The van der Waals surface area contributed by atoms with E-state index in [0.29, 0.717) is 14.3 Å². The van der Waals surface area contributed by atoms with Gasteiger partial charge in [-0.3, -0.25) is 14.9 Å². The maximum atomic E-state index is 11.8. The Bertz CT molecular complexity index is 828. The first-order valence-electron chi connectivity index (χ1n) is 5.50. The van der Waals surface area contributed by atoms with Crippen molar-refractivity contribution in [3.05, 3.63) is 47.8 Å². The molecule has 0 unspecified atom stereocenters. The summed E-state index contributed by atoms with van der Waals surface area (Å²) in [7, 11) is 0. The predicted molar refractivity (Wildman–Crippen MR) is 86.2 cm³/mol. The minimum Gasteiger partial charge on any atom is -0.300 e. The van der Waals surface area contributed by atoms with Crippen LogP contribution in [0.1, 0.15) is 5.56 Å². The molecule has 2 aromatic rings. The molecule has 1 N–H and O–H groups in total. The number of hydrogen-bond donors (Lipinski definition) is 1. The molecule has 0 saturated carbocycles. The summed E-state index contributed by atoms with van der Waals surface area (Å²) in [6, 6.07) is 6.25. The SMILES string of the molecule is CSc1nc(-c2ccc(I)c([N+](=O)[O-])c2)c(C#N)c(=O)[nH]1. The number of halogens is 1. The molecule has 0 fully saturated rings. The van der Waals surface area contributed by atoms with Crippen molar-refractivity contribution < 1.29 is 4.92 Å². The molecular formula is C12H7IN4O3S. The van der Waals surface area contributed by atoms with Crippen LogP contribution in [-0.4, -0.2) is 21.1 Å². The molecule has 1 heterocycles. The van der Waals surface area contributed by atoms with E-state index in [2.05, 4.69) is 9.97 Å². The van der Waals surface area contributed by atoms with Gasteiger partial charge < -0.3 is 4.98 Å². The van der Waals surface area contributed by atoms with E-state index >= 15 is 0 Å². The van der Waals surface area contributed by atoms with Gasteiger partial charge in [0.05, 0.1) is 14.2 Å². The number of nitro groups is 1. The molecule has 0 radical (unpaired) electrons. The smallest absolute Gasteiger partial charge is 0.283 e. The van der Waals surface area contributed by atoms with Crippen LogP contribution >= 0.6 is 34.4 Å². The van der Waals surface area contributed by atoms with Crippen LogP contribution in [0.4, 0.5) is 5.69 Å². The van der Waals surface area contributed by atoms with Crippen molar-refractivity contribution in [2.75, 3.05) is 6.26 Å². The third kappa shape index (κ3) is 3.06. The molecule has 1 aromatic carbocycles. The van der Waals surface area contributed by atoms with Crippen molar-refractivity contribution in [3.63, 3.8) is 0 Å². The Morgan fingerprint density at radius 1 is 1.52 bits per heavy atom. The van der Waals surface area contributed by atoms with E-state index in [-0.39, 0.29) is 16.9 Å². The third-order valence-electron chi connectivity index (χ3n) is 2.62. The molecule has 106 valence electrons. The second-order valence-electron chi connectivity index (χ2n) is 3.83. The molecule has 0 aliphatic heterocycles. The molecule has 2 rings (SSSR count). The predicted octanol–water partition coefficient (Wildman–Crippen LogP) is 2.54. The Kier molecular flexibility index (Phi) is 4.59. The Balaban J connectivity index is 2.75. The standard InChI is InChI=1S/C12H7IN4O3S/c1-21-12-15-10(7(5-14)11(18)16-12)6-2-3-8(13)9(4-6)17(19)20/h2-4H,1H3,(H,15,16,18). The summed E-state index contributed by atoms with van der Waals surface area (Å²) in [6.45, 7) is 0. The van der Waals surface area contributed by atoms with Gasteiger partial charge in [-0.05, 0) is 34.9 Å². The van der Waals surface area contributed by atoms with Crippen molar-refractivity contribution in [1.82, 2.24) is 9.97 Å². The lowest BCUT2D eigenvalue weighted by molar-refractivity contribution is -0.385. The van der Waals surface area contributed by atoms with E-state index < -0.39 is 10.5 Å². The zero-order chi connectivity index (χ0) is 15.6. The van der Waals surface area contributed by atoms with Crippen molar-refractivity contribution in [3.8, 4) is 17.3 Å². The summed E-state index contributed by atoms with van der Waals surface area (Å²) in [6.07, 6.45) is 1.73. The molecule has 0 bridgehead atoms. The molecule has 0 atom stereocenters. The number of nitrogens with zero attached hydrogens (tertiary/aromatic N) is 3. The maximum absolute atomic E-state index is 11.8. The van der Waals surface area contributed by atoms with Crippen LogP contribution < -0.4 is 5.56 Å². The number of nitriles is 1. The highest BCUT2D eigenvalue weighted by Crippen LogP contribution is 2.28. The monoisotopic (exact) mass is 414 g/mol. The summed E-state index contributed by atoms with van der Waals surface area (Å²) in [5.74, 6) is 0. The van der Waals surface area contributed by atoms with Gasteiger partial charge in [-0.25, -0.2) is 4.98 Å².